The first kappa shape index (κ1) is 17.2. The number of aliphatic hydroxyl groups is 1. The molecule has 0 spiro atoms. The molecule has 1 heterocycles. The molecule has 2 N–H and O–H groups in total. The van der Waals surface area contributed by atoms with Gasteiger partial charge < -0.3 is 10.4 Å². The molecule has 0 bridgehead atoms. The molecule has 118 valence electrons. The molecule has 0 aliphatic heterocycles. The number of nitrogens with one attached hydrogen (secondary N) is 1. The van der Waals surface area contributed by atoms with Gasteiger partial charge in [-0.3, -0.25) is 4.98 Å². The third-order valence-corrected chi connectivity index (χ3v) is 4.42. The van der Waals surface area contributed by atoms with E-state index in [0.29, 0.717) is 10.0 Å². The van der Waals surface area contributed by atoms with Gasteiger partial charge in [0.2, 0.25) is 0 Å². The molecule has 1 aromatic carbocycles. The summed E-state index contributed by atoms with van der Waals surface area (Å²) in [5, 5.41) is 14.0. The van der Waals surface area contributed by atoms with Crippen molar-refractivity contribution in [3.63, 3.8) is 0 Å². The maximum Gasteiger partial charge on any atom is 0.0640 e. The average molecular weight is 339 g/mol. The van der Waals surface area contributed by atoms with E-state index in [1.165, 1.54) is 0 Å². The second-order valence-electron chi connectivity index (χ2n) is 5.31. The maximum absolute atomic E-state index is 9.65. The van der Waals surface area contributed by atoms with Crippen molar-refractivity contribution in [1.82, 2.24) is 10.3 Å². The van der Waals surface area contributed by atoms with Crippen LogP contribution in [0.15, 0.2) is 42.6 Å². The van der Waals surface area contributed by atoms with Crippen LogP contribution >= 0.6 is 23.2 Å². The summed E-state index contributed by atoms with van der Waals surface area (Å²) >= 11 is 12.3. The van der Waals surface area contributed by atoms with E-state index >= 15 is 0 Å². The molecule has 2 atom stereocenters. The highest BCUT2D eigenvalue weighted by Gasteiger charge is 2.17. The van der Waals surface area contributed by atoms with Gasteiger partial charge in [0.05, 0.1) is 22.7 Å². The summed E-state index contributed by atoms with van der Waals surface area (Å²) in [4.78, 5) is 4.32. The smallest absolute Gasteiger partial charge is 0.0640 e. The number of aryl methyl sites for hydroxylation is 1. The Balaban J connectivity index is 1.96. The Morgan fingerprint density at radius 2 is 2.00 bits per heavy atom. The predicted octanol–water partition coefficient (Wildman–Crippen LogP) is 4.03. The Morgan fingerprint density at radius 3 is 2.68 bits per heavy atom. The fourth-order valence-corrected chi connectivity index (χ4v) is 2.81. The van der Waals surface area contributed by atoms with Crippen LogP contribution in [0.4, 0.5) is 0 Å². The summed E-state index contributed by atoms with van der Waals surface area (Å²) in [5.41, 5.74) is 1.89. The van der Waals surface area contributed by atoms with Crippen LogP contribution in [0.3, 0.4) is 0 Å². The van der Waals surface area contributed by atoms with Gasteiger partial charge in [0, 0.05) is 17.9 Å². The normalized spacial score (nSPS) is 13.8. The Kier molecular flexibility index (Phi) is 6.65. The van der Waals surface area contributed by atoms with Crippen LogP contribution in [-0.2, 0) is 6.42 Å². The first-order valence-electron chi connectivity index (χ1n) is 7.32. The lowest BCUT2D eigenvalue weighted by atomic mass is 10.0. The monoisotopic (exact) mass is 338 g/mol. The van der Waals surface area contributed by atoms with Crippen molar-refractivity contribution in [3.8, 4) is 0 Å². The summed E-state index contributed by atoms with van der Waals surface area (Å²) in [6.45, 7) is 2.05. The molecule has 22 heavy (non-hydrogen) atoms. The highest BCUT2D eigenvalue weighted by Crippen LogP contribution is 2.30. The van der Waals surface area contributed by atoms with E-state index in [1.54, 1.807) is 12.3 Å². The van der Waals surface area contributed by atoms with Gasteiger partial charge in [-0.15, -0.1) is 0 Å². The van der Waals surface area contributed by atoms with E-state index in [4.69, 9.17) is 23.2 Å². The maximum atomic E-state index is 9.65. The minimum Gasteiger partial charge on any atom is -0.394 e. The van der Waals surface area contributed by atoms with Crippen LogP contribution in [0, 0.1) is 0 Å². The summed E-state index contributed by atoms with van der Waals surface area (Å²) in [6, 6.07) is 11.4. The van der Waals surface area contributed by atoms with Crippen LogP contribution in [0.1, 0.15) is 30.6 Å². The van der Waals surface area contributed by atoms with Crippen molar-refractivity contribution in [2.24, 2.45) is 0 Å². The van der Waals surface area contributed by atoms with Crippen LogP contribution in [-0.4, -0.2) is 22.7 Å². The van der Waals surface area contributed by atoms with Crippen molar-refractivity contribution < 1.29 is 5.11 Å². The summed E-state index contributed by atoms with van der Waals surface area (Å²) in [6.07, 6.45) is 3.61. The van der Waals surface area contributed by atoms with Crippen molar-refractivity contribution in [2.45, 2.75) is 31.8 Å². The Hall–Kier alpha value is -1.13. The number of pyridine rings is 1. The average Bonchev–Trinajstić information content (AvgIpc) is 2.54. The predicted molar refractivity (Wildman–Crippen MR) is 91.4 cm³/mol. The fourth-order valence-electron chi connectivity index (χ4n) is 2.37. The molecular weight excluding hydrogens is 319 g/mol. The molecule has 1 aromatic heterocycles. The molecule has 0 amide bonds. The topological polar surface area (TPSA) is 45.2 Å². The standard InChI is InChI=1S/C17H20Cl2N2O/c1-12(8-9-13-5-2-3-10-20-13)21-16(11-22)14-6-4-7-15(18)17(14)19/h2-7,10,12,16,21-22H,8-9,11H2,1H3. The summed E-state index contributed by atoms with van der Waals surface area (Å²) in [5.74, 6) is 0. The lowest BCUT2D eigenvalue weighted by Gasteiger charge is -2.23. The van der Waals surface area contributed by atoms with Gasteiger partial charge in [-0.2, -0.15) is 0 Å². The molecule has 2 rings (SSSR count). The first-order valence-corrected chi connectivity index (χ1v) is 8.08. The Morgan fingerprint density at radius 1 is 1.18 bits per heavy atom. The third-order valence-electron chi connectivity index (χ3n) is 3.58. The lowest BCUT2D eigenvalue weighted by molar-refractivity contribution is 0.233. The number of aromatic nitrogens is 1. The zero-order valence-electron chi connectivity index (χ0n) is 12.5. The van der Waals surface area contributed by atoms with Crippen LogP contribution in [0.5, 0.6) is 0 Å². The first-order chi connectivity index (χ1) is 10.6. The van der Waals surface area contributed by atoms with Gasteiger partial charge in [-0.05, 0) is 43.5 Å². The number of benzene rings is 1. The van der Waals surface area contributed by atoms with E-state index in [9.17, 15) is 5.11 Å². The number of aliphatic hydroxyl groups excluding tert-OH is 1. The van der Waals surface area contributed by atoms with Gasteiger partial charge in [-0.1, -0.05) is 41.4 Å². The zero-order chi connectivity index (χ0) is 15.9. The van der Waals surface area contributed by atoms with Crippen molar-refractivity contribution in [3.05, 3.63) is 63.9 Å². The molecule has 3 nitrogen and oxygen atoms in total. The van der Waals surface area contributed by atoms with Crippen LogP contribution in [0.2, 0.25) is 10.0 Å². The Bertz CT molecular complexity index is 592. The lowest BCUT2D eigenvalue weighted by Crippen LogP contribution is -2.33. The van der Waals surface area contributed by atoms with Crippen molar-refractivity contribution >= 4 is 23.2 Å². The largest absolute Gasteiger partial charge is 0.394 e. The molecule has 0 aliphatic carbocycles. The van der Waals surface area contributed by atoms with E-state index in [2.05, 4.69) is 17.2 Å². The SMILES string of the molecule is CC(CCc1ccccn1)NC(CO)c1cccc(Cl)c1Cl. The van der Waals surface area contributed by atoms with Crippen LogP contribution < -0.4 is 5.32 Å². The molecular formula is C17H20Cl2N2O. The molecule has 2 unspecified atom stereocenters. The molecule has 0 saturated heterocycles. The van der Waals surface area contributed by atoms with Crippen molar-refractivity contribution in [2.75, 3.05) is 6.61 Å². The van der Waals surface area contributed by atoms with Gasteiger partial charge in [0.15, 0.2) is 0 Å². The second-order valence-corrected chi connectivity index (χ2v) is 6.09. The number of hydrogen-bond acceptors (Lipinski definition) is 3. The van der Waals surface area contributed by atoms with Gasteiger partial charge in [0.25, 0.3) is 0 Å². The van der Waals surface area contributed by atoms with Gasteiger partial charge in [-0.25, -0.2) is 0 Å². The molecule has 5 heteroatoms. The number of halogens is 2. The van der Waals surface area contributed by atoms with Crippen LogP contribution in [0.25, 0.3) is 0 Å². The summed E-state index contributed by atoms with van der Waals surface area (Å²) in [7, 11) is 0. The highest BCUT2D eigenvalue weighted by molar-refractivity contribution is 6.42. The third kappa shape index (κ3) is 4.68. The molecule has 2 aromatic rings. The molecule has 0 saturated carbocycles. The van der Waals surface area contributed by atoms with E-state index in [-0.39, 0.29) is 18.7 Å². The molecule has 0 radical (unpaired) electrons. The molecule has 0 aliphatic rings. The second kappa shape index (κ2) is 8.49. The number of nitrogens with zero attached hydrogens (tertiary/aromatic N) is 1. The van der Waals surface area contributed by atoms with Gasteiger partial charge >= 0.3 is 0 Å². The van der Waals surface area contributed by atoms with Gasteiger partial charge in [0.1, 0.15) is 0 Å². The minimum absolute atomic E-state index is 0.0337. The minimum atomic E-state index is -0.232. The number of hydrogen-bond donors (Lipinski definition) is 2. The fraction of sp³-hybridized carbons (Fsp3) is 0.353. The molecule has 0 fully saturated rings. The summed E-state index contributed by atoms with van der Waals surface area (Å²) < 4.78 is 0. The van der Waals surface area contributed by atoms with Crippen molar-refractivity contribution in [1.29, 1.82) is 0 Å². The quantitative estimate of drug-likeness (QED) is 0.800. The highest BCUT2D eigenvalue weighted by atomic mass is 35.5. The van der Waals surface area contributed by atoms with E-state index in [0.717, 1.165) is 24.1 Å². The van der Waals surface area contributed by atoms with E-state index < -0.39 is 0 Å². The Labute approximate surface area is 141 Å². The number of rotatable bonds is 7. The zero-order valence-corrected chi connectivity index (χ0v) is 14.0. The van der Waals surface area contributed by atoms with E-state index in [1.807, 2.05) is 30.3 Å².